The number of carbonyl (C=O) groups excluding carboxylic acids is 2. The summed E-state index contributed by atoms with van der Waals surface area (Å²) in [4.78, 5) is 25.6. The Morgan fingerprint density at radius 1 is 1.26 bits per heavy atom. The van der Waals surface area contributed by atoms with Crippen LogP contribution in [0.4, 0.5) is 0 Å². The Hall–Kier alpha value is -1.10. The van der Waals surface area contributed by atoms with Crippen molar-refractivity contribution in [2.75, 3.05) is 19.6 Å². The Morgan fingerprint density at radius 2 is 1.84 bits per heavy atom. The minimum absolute atomic E-state index is 0.0130. The second-order valence-corrected chi connectivity index (χ2v) is 5.96. The van der Waals surface area contributed by atoms with E-state index in [0.717, 1.165) is 51.6 Å². The number of nitrogens with zero attached hydrogens (tertiary/aromatic N) is 1. The van der Waals surface area contributed by atoms with Crippen LogP contribution in [-0.2, 0) is 9.59 Å². The van der Waals surface area contributed by atoms with Crippen molar-refractivity contribution in [2.45, 2.75) is 51.5 Å². The van der Waals surface area contributed by atoms with E-state index in [9.17, 15) is 9.59 Å². The molecule has 0 aromatic carbocycles. The van der Waals surface area contributed by atoms with Gasteiger partial charge in [0.25, 0.3) is 0 Å². The van der Waals surface area contributed by atoms with Gasteiger partial charge in [-0.1, -0.05) is 12.8 Å². The van der Waals surface area contributed by atoms with Crippen LogP contribution in [0.25, 0.3) is 0 Å². The van der Waals surface area contributed by atoms with Crippen LogP contribution in [0.2, 0.25) is 0 Å². The molecule has 5 heteroatoms. The van der Waals surface area contributed by atoms with Crippen LogP contribution in [0, 0.1) is 5.41 Å². The lowest BCUT2D eigenvalue weighted by atomic mass is 9.84. The molecule has 3 N–H and O–H groups in total. The average molecular weight is 267 g/mol. The second-order valence-electron chi connectivity index (χ2n) is 5.96. The van der Waals surface area contributed by atoms with Gasteiger partial charge in [0.15, 0.2) is 0 Å². The van der Waals surface area contributed by atoms with Crippen molar-refractivity contribution in [1.82, 2.24) is 10.2 Å². The van der Waals surface area contributed by atoms with Crippen molar-refractivity contribution in [2.24, 2.45) is 11.1 Å². The minimum Gasteiger partial charge on any atom is -0.353 e. The number of likely N-dealkylation sites (tertiary alicyclic amines) is 1. The van der Waals surface area contributed by atoms with E-state index in [2.05, 4.69) is 5.32 Å². The third-order valence-corrected chi connectivity index (χ3v) is 4.59. The van der Waals surface area contributed by atoms with E-state index in [1.165, 1.54) is 0 Å². The van der Waals surface area contributed by atoms with Gasteiger partial charge in [0.2, 0.25) is 11.8 Å². The summed E-state index contributed by atoms with van der Waals surface area (Å²) in [7, 11) is 0. The highest BCUT2D eigenvalue weighted by Gasteiger charge is 2.42. The molecule has 0 radical (unpaired) electrons. The molecule has 1 heterocycles. The second kappa shape index (κ2) is 5.90. The van der Waals surface area contributed by atoms with Gasteiger partial charge in [-0.2, -0.15) is 0 Å². The molecular weight excluding hydrogens is 242 g/mol. The summed E-state index contributed by atoms with van der Waals surface area (Å²) in [6, 6.07) is 0.221. The van der Waals surface area contributed by atoms with Crippen molar-refractivity contribution in [3.63, 3.8) is 0 Å². The Morgan fingerprint density at radius 3 is 2.32 bits per heavy atom. The van der Waals surface area contributed by atoms with Crippen LogP contribution in [0.3, 0.4) is 0 Å². The number of piperidine rings is 1. The highest BCUT2D eigenvalue weighted by Crippen LogP contribution is 2.39. The van der Waals surface area contributed by atoms with Crippen molar-refractivity contribution < 1.29 is 9.59 Å². The first-order valence-electron chi connectivity index (χ1n) is 7.34. The first-order valence-corrected chi connectivity index (χ1v) is 7.34. The summed E-state index contributed by atoms with van der Waals surface area (Å²) >= 11 is 0. The summed E-state index contributed by atoms with van der Waals surface area (Å²) < 4.78 is 0. The molecule has 1 saturated carbocycles. The van der Waals surface area contributed by atoms with Crippen LogP contribution in [0.5, 0.6) is 0 Å². The highest BCUT2D eigenvalue weighted by atomic mass is 16.2. The van der Waals surface area contributed by atoms with Gasteiger partial charge in [0, 0.05) is 32.6 Å². The van der Waals surface area contributed by atoms with Gasteiger partial charge in [0.05, 0.1) is 5.41 Å². The molecule has 1 aliphatic carbocycles. The lowest BCUT2D eigenvalue weighted by molar-refractivity contribution is -0.142. The van der Waals surface area contributed by atoms with Crippen LogP contribution < -0.4 is 11.1 Å². The van der Waals surface area contributed by atoms with E-state index < -0.39 is 0 Å². The summed E-state index contributed by atoms with van der Waals surface area (Å²) in [5.74, 6) is 0.257. The average Bonchev–Trinajstić information content (AvgIpc) is 2.88. The van der Waals surface area contributed by atoms with E-state index in [-0.39, 0.29) is 23.3 Å². The molecule has 0 unspecified atom stereocenters. The molecule has 5 nitrogen and oxygen atoms in total. The van der Waals surface area contributed by atoms with Crippen molar-refractivity contribution >= 4 is 11.8 Å². The predicted octanol–water partition coefficient (Wildman–Crippen LogP) is 0.633. The Labute approximate surface area is 114 Å². The maximum atomic E-state index is 12.6. The van der Waals surface area contributed by atoms with Gasteiger partial charge in [-0.15, -0.1) is 0 Å². The lowest BCUT2D eigenvalue weighted by Gasteiger charge is -2.38. The molecule has 108 valence electrons. The summed E-state index contributed by atoms with van der Waals surface area (Å²) in [5.41, 5.74) is 5.57. The van der Waals surface area contributed by atoms with E-state index in [4.69, 9.17) is 5.73 Å². The first-order chi connectivity index (χ1) is 9.07. The van der Waals surface area contributed by atoms with Crippen molar-refractivity contribution in [1.29, 1.82) is 0 Å². The number of nitrogens with one attached hydrogen (secondary N) is 1. The van der Waals surface area contributed by atoms with E-state index in [1.54, 1.807) is 6.92 Å². The fraction of sp³-hybridized carbons (Fsp3) is 0.857. The largest absolute Gasteiger partial charge is 0.353 e. The predicted molar refractivity (Wildman–Crippen MR) is 73.4 cm³/mol. The van der Waals surface area contributed by atoms with E-state index in [0.29, 0.717) is 6.54 Å². The van der Waals surface area contributed by atoms with Gasteiger partial charge < -0.3 is 16.0 Å². The number of nitrogens with two attached hydrogens (primary N) is 1. The molecule has 0 bridgehead atoms. The topological polar surface area (TPSA) is 75.4 Å². The molecule has 2 amide bonds. The molecule has 2 fully saturated rings. The Balaban J connectivity index is 1.90. The maximum absolute atomic E-state index is 12.6. The molecule has 0 aromatic rings. The number of hydrogen-bond donors (Lipinski definition) is 2. The van der Waals surface area contributed by atoms with Gasteiger partial charge >= 0.3 is 0 Å². The first kappa shape index (κ1) is 14.3. The van der Waals surface area contributed by atoms with Gasteiger partial charge in [-0.25, -0.2) is 0 Å². The van der Waals surface area contributed by atoms with Crippen LogP contribution in [-0.4, -0.2) is 42.4 Å². The van der Waals surface area contributed by atoms with E-state index in [1.807, 2.05) is 4.90 Å². The Bertz CT molecular complexity index is 343. The van der Waals surface area contributed by atoms with Gasteiger partial charge in [-0.05, 0) is 25.7 Å². The van der Waals surface area contributed by atoms with Crippen molar-refractivity contribution in [3.05, 3.63) is 0 Å². The summed E-state index contributed by atoms with van der Waals surface area (Å²) in [6.07, 6.45) is 5.82. The molecule has 1 saturated heterocycles. The summed E-state index contributed by atoms with van der Waals surface area (Å²) in [5, 5.41) is 2.93. The minimum atomic E-state index is -0.291. The van der Waals surface area contributed by atoms with Gasteiger partial charge in [-0.3, -0.25) is 9.59 Å². The molecule has 2 rings (SSSR count). The van der Waals surface area contributed by atoms with Gasteiger partial charge in [0.1, 0.15) is 0 Å². The summed E-state index contributed by atoms with van der Waals surface area (Å²) in [6.45, 7) is 3.49. The number of rotatable bonds is 3. The molecule has 19 heavy (non-hydrogen) atoms. The highest BCUT2D eigenvalue weighted by molar-refractivity contribution is 5.83. The molecule has 0 atom stereocenters. The third kappa shape index (κ3) is 3.08. The maximum Gasteiger partial charge on any atom is 0.230 e. The van der Waals surface area contributed by atoms with E-state index >= 15 is 0 Å². The fourth-order valence-corrected chi connectivity index (χ4v) is 3.41. The van der Waals surface area contributed by atoms with Crippen LogP contribution in [0.15, 0.2) is 0 Å². The smallest absolute Gasteiger partial charge is 0.230 e. The third-order valence-electron chi connectivity index (χ3n) is 4.59. The normalized spacial score (nSPS) is 23.4. The number of amides is 2. The zero-order chi connectivity index (χ0) is 13.9. The molecule has 1 aliphatic heterocycles. The van der Waals surface area contributed by atoms with Crippen LogP contribution >= 0.6 is 0 Å². The molecule has 0 aromatic heterocycles. The lowest BCUT2D eigenvalue weighted by Crippen LogP contribution is -2.52. The molecule has 2 aliphatic rings. The standard InChI is InChI=1S/C14H25N3O2/c1-11(18)16-12-4-8-17(9-5-12)13(19)14(10-15)6-2-3-7-14/h12H,2-10,15H2,1H3,(H,16,18). The Kier molecular flexibility index (Phi) is 4.45. The zero-order valence-electron chi connectivity index (χ0n) is 11.8. The monoisotopic (exact) mass is 267 g/mol. The number of carbonyl (C=O) groups is 2. The van der Waals surface area contributed by atoms with Crippen LogP contribution in [0.1, 0.15) is 45.4 Å². The SMILES string of the molecule is CC(=O)NC1CCN(C(=O)C2(CN)CCCC2)CC1. The quantitative estimate of drug-likeness (QED) is 0.787. The van der Waals surface area contributed by atoms with Crippen molar-refractivity contribution in [3.8, 4) is 0 Å². The zero-order valence-corrected chi connectivity index (χ0v) is 11.8. The number of hydrogen-bond acceptors (Lipinski definition) is 3. The molecule has 0 spiro atoms. The molecular formula is C14H25N3O2. The fourth-order valence-electron chi connectivity index (χ4n) is 3.41.